The van der Waals surface area contributed by atoms with Gasteiger partial charge in [0.25, 0.3) is 0 Å². The summed E-state index contributed by atoms with van der Waals surface area (Å²) in [5.41, 5.74) is 7.09. The fourth-order valence-corrected chi connectivity index (χ4v) is 1.95. The molecule has 0 saturated carbocycles. The number of nitrogens with zero attached hydrogens (tertiary/aromatic N) is 1. The number of halogens is 3. The van der Waals surface area contributed by atoms with Gasteiger partial charge >= 0.3 is 12.2 Å². The maximum atomic E-state index is 12.7. The lowest BCUT2D eigenvalue weighted by molar-refractivity contribution is -0.138. The second kappa shape index (κ2) is 3.83. The van der Waals surface area contributed by atoms with Gasteiger partial charge in [-0.25, -0.2) is 10.2 Å². The summed E-state index contributed by atoms with van der Waals surface area (Å²) in [7, 11) is 0. The van der Waals surface area contributed by atoms with Gasteiger partial charge in [-0.2, -0.15) is 13.2 Å². The Labute approximate surface area is 95.2 Å². The smallest absolute Gasteiger partial charge is 0.350 e. The Balaban J connectivity index is 2.39. The molecule has 7 heteroatoms. The molecule has 1 aromatic carbocycles. The lowest BCUT2D eigenvalue weighted by Crippen LogP contribution is -2.44. The number of hydrogen-bond acceptors (Lipinski definition) is 2. The monoisotopic (exact) mass is 245 g/mol. The molecule has 17 heavy (non-hydrogen) atoms. The van der Waals surface area contributed by atoms with Gasteiger partial charge in [0.15, 0.2) is 0 Å². The minimum Gasteiger partial charge on any atom is -0.350 e. The molecule has 0 fully saturated rings. The van der Waals surface area contributed by atoms with Crippen molar-refractivity contribution in [3.05, 3.63) is 29.3 Å². The van der Waals surface area contributed by atoms with Crippen LogP contribution in [-0.2, 0) is 12.6 Å². The Kier molecular flexibility index (Phi) is 2.60. The van der Waals surface area contributed by atoms with Crippen molar-refractivity contribution in [2.24, 2.45) is 5.73 Å². The van der Waals surface area contributed by atoms with Crippen molar-refractivity contribution in [1.82, 2.24) is 5.43 Å². The summed E-state index contributed by atoms with van der Waals surface area (Å²) in [6.45, 7) is 0.283. The first-order valence-electron chi connectivity index (χ1n) is 4.92. The van der Waals surface area contributed by atoms with Gasteiger partial charge in [0.05, 0.1) is 11.3 Å². The molecule has 0 aromatic heterocycles. The number of benzene rings is 1. The highest BCUT2D eigenvalue weighted by molar-refractivity contribution is 5.75. The van der Waals surface area contributed by atoms with E-state index in [0.717, 1.165) is 6.07 Å². The summed E-state index contributed by atoms with van der Waals surface area (Å²) in [4.78, 5) is 10.7. The number of urea groups is 1. The molecule has 0 saturated heterocycles. The first-order valence-corrected chi connectivity index (χ1v) is 4.92. The van der Waals surface area contributed by atoms with Crippen LogP contribution in [0, 0.1) is 0 Å². The predicted molar refractivity (Wildman–Crippen MR) is 55.2 cm³/mol. The number of rotatable bonds is 1. The zero-order chi connectivity index (χ0) is 12.6. The van der Waals surface area contributed by atoms with Crippen molar-refractivity contribution < 1.29 is 18.0 Å². The molecule has 0 spiro atoms. The largest absolute Gasteiger partial charge is 0.416 e. The van der Waals surface area contributed by atoms with Crippen molar-refractivity contribution in [3.63, 3.8) is 0 Å². The number of carbonyl (C=O) groups excluding carboxylic acids is 1. The second-order valence-electron chi connectivity index (χ2n) is 3.68. The average Bonchev–Trinajstić information content (AvgIpc) is 2.59. The van der Waals surface area contributed by atoms with Gasteiger partial charge in [0.1, 0.15) is 0 Å². The zero-order valence-electron chi connectivity index (χ0n) is 8.71. The summed E-state index contributed by atoms with van der Waals surface area (Å²) < 4.78 is 38.1. The van der Waals surface area contributed by atoms with Crippen LogP contribution in [0.4, 0.5) is 23.7 Å². The molecule has 1 aliphatic rings. The molecule has 1 heterocycles. The van der Waals surface area contributed by atoms with Crippen molar-refractivity contribution in [2.45, 2.75) is 12.6 Å². The van der Waals surface area contributed by atoms with Crippen molar-refractivity contribution in [3.8, 4) is 0 Å². The highest BCUT2D eigenvalue weighted by atomic mass is 19.4. The van der Waals surface area contributed by atoms with Crippen LogP contribution in [-0.4, -0.2) is 12.6 Å². The maximum Gasteiger partial charge on any atom is 0.416 e. The second-order valence-corrected chi connectivity index (χ2v) is 3.68. The Morgan fingerprint density at radius 1 is 1.41 bits per heavy atom. The van der Waals surface area contributed by atoms with Crippen LogP contribution in [0.2, 0.25) is 0 Å². The molecule has 0 atom stereocenters. The quantitative estimate of drug-likeness (QED) is 0.790. The van der Waals surface area contributed by atoms with Crippen LogP contribution in [0.25, 0.3) is 0 Å². The minimum atomic E-state index is -4.38. The minimum absolute atomic E-state index is 0.189. The van der Waals surface area contributed by atoms with E-state index < -0.39 is 17.8 Å². The normalized spacial score (nSPS) is 14.6. The van der Waals surface area contributed by atoms with E-state index in [4.69, 9.17) is 5.73 Å². The van der Waals surface area contributed by atoms with E-state index in [1.54, 1.807) is 0 Å². The molecule has 0 radical (unpaired) electrons. The van der Waals surface area contributed by atoms with Gasteiger partial charge in [-0.3, -0.25) is 5.01 Å². The first kappa shape index (κ1) is 11.6. The van der Waals surface area contributed by atoms with Crippen molar-refractivity contribution >= 4 is 11.7 Å². The topological polar surface area (TPSA) is 58.4 Å². The molecule has 0 aliphatic carbocycles. The molecule has 1 aromatic rings. The van der Waals surface area contributed by atoms with Crippen LogP contribution in [0.15, 0.2) is 18.2 Å². The van der Waals surface area contributed by atoms with E-state index in [9.17, 15) is 18.0 Å². The number of nitrogens with one attached hydrogen (secondary N) is 1. The number of anilines is 1. The number of hydrazine groups is 1. The molecule has 2 amide bonds. The van der Waals surface area contributed by atoms with Crippen LogP contribution in [0.5, 0.6) is 0 Å². The number of nitrogens with two attached hydrogens (primary N) is 1. The molecule has 92 valence electrons. The fourth-order valence-electron chi connectivity index (χ4n) is 1.95. The lowest BCUT2D eigenvalue weighted by Gasteiger charge is -2.19. The van der Waals surface area contributed by atoms with Crippen LogP contribution < -0.4 is 16.2 Å². The standard InChI is InChI=1S/C10H10F3N3O/c11-10(12,13)7-2-1-3-8-6(7)4-5-16(8)15-9(14)17/h1-3H,4-5H2,(H3,14,15,17). The summed E-state index contributed by atoms with van der Waals surface area (Å²) >= 11 is 0. The third kappa shape index (κ3) is 2.13. The number of carbonyl (C=O) groups is 1. The van der Waals surface area contributed by atoms with Gasteiger partial charge in [-0.1, -0.05) is 6.07 Å². The van der Waals surface area contributed by atoms with E-state index >= 15 is 0 Å². The average molecular weight is 245 g/mol. The van der Waals surface area contributed by atoms with Gasteiger partial charge in [0, 0.05) is 6.54 Å². The molecule has 3 N–H and O–H groups in total. The number of amides is 2. The Morgan fingerprint density at radius 3 is 2.71 bits per heavy atom. The number of hydrogen-bond donors (Lipinski definition) is 2. The third-order valence-electron chi connectivity index (χ3n) is 2.58. The number of primary amides is 1. The Bertz CT molecular complexity index is 459. The van der Waals surface area contributed by atoms with Crippen LogP contribution in [0.1, 0.15) is 11.1 Å². The molecule has 2 rings (SSSR count). The molecule has 4 nitrogen and oxygen atoms in total. The summed E-state index contributed by atoms with van der Waals surface area (Å²) in [5.74, 6) is 0. The third-order valence-corrected chi connectivity index (χ3v) is 2.58. The van der Waals surface area contributed by atoms with Crippen LogP contribution in [0.3, 0.4) is 0 Å². The molecule has 0 bridgehead atoms. The highest BCUT2D eigenvalue weighted by Gasteiger charge is 2.36. The van der Waals surface area contributed by atoms with Gasteiger partial charge in [0.2, 0.25) is 0 Å². The zero-order valence-corrected chi connectivity index (χ0v) is 8.71. The summed E-state index contributed by atoms with van der Waals surface area (Å²) in [6, 6.07) is 3.07. The Morgan fingerprint density at radius 2 is 2.12 bits per heavy atom. The lowest BCUT2D eigenvalue weighted by atomic mass is 10.0. The van der Waals surface area contributed by atoms with E-state index in [-0.39, 0.29) is 18.5 Å². The number of alkyl halides is 3. The van der Waals surface area contributed by atoms with Gasteiger partial charge < -0.3 is 5.73 Å². The molecular formula is C10H10F3N3O. The van der Waals surface area contributed by atoms with Crippen molar-refractivity contribution in [2.75, 3.05) is 11.6 Å². The first-order chi connectivity index (χ1) is 7.89. The highest BCUT2D eigenvalue weighted by Crippen LogP contribution is 2.38. The SMILES string of the molecule is NC(=O)NN1CCc2c1cccc2C(F)(F)F. The summed E-state index contributed by atoms with van der Waals surface area (Å²) in [6.07, 6.45) is -4.15. The van der Waals surface area contributed by atoms with Gasteiger partial charge in [-0.15, -0.1) is 0 Å². The van der Waals surface area contributed by atoms with E-state index in [1.807, 2.05) is 0 Å². The van der Waals surface area contributed by atoms with E-state index in [2.05, 4.69) is 5.43 Å². The van der Waals surface area contributed by atoms with Gasteiger partial charge in [-0.05, 0) is 24.1 Å². The van der Waals surface area contributed by atoms with Crippen molar-refractivity contribution in [1.29, 1.82) is 0 Å². The molecule has 0 unspecified atom stereocenters. The summed E-state index contributed by atoms with van der Waals surface area (Å²) in [5, 5.41) is 1.33. The van der Waals surface area contributed by atoms with E-state index in [1.165, 1.54) is 17.1 Å². The fraction of sp³-hybridized carbons (Fsp3) is 0.300. The maximum absolute atomic E-state index is 12.7. The molecular weight excluding hydrogens is 235 g/mol. The number of fused-ring (bicyclic) bond motifs is 1. The molecule has 1 aliphatic heterocycles. The Hall–Kier alpha value is -1.92. The van der Waals surface area contributed by atoms with E-state index in [0.29, 0.717) is 5.69 Å². The van der Waals surface area contributed by atoms with Crippen LogP contribution >= 0.6 is 0 Å². The predicted octanol–water partition coefficient (Wildman–Crippen LogP) is 1.65.